The highest BCUT2D eigenvalue weighted by molar-refractivity contribution is 5.94. The van der Waals surface area contributed by atoms with Crippen LogP contribution in [0.2, 0.25) is 0 Å². The van der Waals surface area contributed by atoms with E-state index < -0.39 is 6.09 Å². The van der Waals surface area contributed by atoms with E-state index in [0.29, 0.717) is 25.1 Å². The smallest absolute Gasteiger partial charge is 0.404 e. The van der Waals surface area contributed by atoms with Gasteiger partial charge >= 0.3 is 6.09 Å². The number of Topliss-reactive ketones (excluding diaryl/α,β-unsaturated/α-hetero) is 1. The molecular weight excluding hydrogens is 220 g/mol. The Hall–Kier alpha value is -2.04. The first-order valence-electron chi connectivity index (χ1n) is 5.41. The number of ketones is 1. The maximum absolute atomic E-state index is 11.0. The fraction of sp³-hybridized carbons (Fsp3) is 0.333. The highest BCUT2D eigenvalue weighted by Gasteiger charge is 1.98. The van der Waals surface area contributed by atoms with Crippen LogP contribution in [0.3, 0.4) is 0 Å². The second kappa shape index (κ2) is 6.52. The van der Waals surface area contributed by atoms with Gasteiger partial charge in [-0.3, -0.25) is 4.79 Å². The zero-order chi connectivity index (χ0) is 12.7. The highest BCUT2D eigenvalue weighted by atomic mass is 16.4. The molecule has 0 radical (unpaired) electrons. The van der Waals surface area contributed by atoms with Crippen LogP contribution in [0.1, 0.15) is 23.7 Å². The molecular formula is C12H16N2O3. The van der Waals surface area contributed by atoms with Crippen molar-refractivity contribution in [1.82, 2.24) is 5.32 Å². The van der Waals surface area contributed by atoms with Crippen LogP contribution >= 0.6 is 0 Å². The van der Waals surface area contributed by atoms with Gasteiger partial charge < -0.3 is 15.7 Å². The number of nitrogens with one attached hydrogen (secondary N) is 2. The quantitative estimate of drug-likeness (QED) is 0.521. The van der Waals surface area contributed by atoms with Gasteiger partial charge in [0.1, 0.15) is 0 Å². The molecule has 3 N–H and O–H groups in total. The van der Waals surface area contributed by atoms with E-state index in [1.807, 2.05) is 12.1 Å². The van der Waals surface area contributed by atoms with Crippen LogP contribution in [-0.4, -0.2) is 30.1 Å². The zero-order valence-electron chi connectivity index (χ0n) is 9.69. The van der Waals surface area contributed by atoms with Crippen molar-refractivity contribution in [1.29, 1.82) is 0 Å². The molecule has 5 nitrogen and oxygen atoms in total. The topological polar surface area (TPSA) is 78.4 Å². The first-order chi connectivity index (χ1) is 8.09. The molecule has 0 saturated heterocycles. The van der Waals surface area contributed by atoms with Crippen molar-refractivity contribution in [2.45, 2.75) is 13.3 Å². The molecule has 0 atom stereocenters. The molecule has 0 fully saturated rings. The van der Waals surface area contributed by atoms with Gasteiger partial charge in [0.05, 0.1) is 0 Å². The number of carbonyl (C=O) groups excluding carboxylic acids is 1. The first-order valence-corrected chi connectivity index (χ1v) is 5.41. The minimum atomic E-state index is -1.00. The number of rotatable bonds is 6. The van der Waals surface area contributed by atoms with Gasteiger partial charge in [-0.05, 0) is 37.6 Å². The number of hydrogen-bond acceptors (Lipinski definition) is 3. The van der Waals surface area contributed by atoms with Crippen molar-refractivity contribution in [3.05, 3.63) is 29.8 Å². The van der Waals surface area contributed by atoms with Gasteiger partial charge in [0.2, 0.25) is 0 Å². The summed E-state index contributed by atoms with van der Waals surface area (Å²) in [6.07, 6.45) is -0.295. The summed E-state index contributed by atoms with van der Waals surface area (Å²) in [5.41, 5.74) is 1.61. The summed E-state index contributed by atoms with van der Waals surface area (Å²) >= 11 is 0. The Bertz CT molecular complexity index is 387. The molecule has 0 spiro atoms. The van der Waals surface area contributed by atoms with Crippen molar-refractivity contribution >= 4 is 17.6 Å². The zero-order valence-corrected chi connectivity index (χ0v) is 9.69. The van der Waals surface area contributed by atoms with E-state index >= 15 is 0 Å². The van der Waals surface area contributed by atoms with Crippen LogP contribution in [0.4, 0.5) is 10.5 Å². The average Bonchev–Trinajstić information content (AvgIpc) is 2.29. The molecule has 0 aromatic heterocycles. The van der Waals surface area contributed by atoms with Crippen LogP contribution in [0, 0.1) is 0 Å². The van der Waals surface area contributed by atoms with Gasteiger partial charge in [0, 0.05) is 24.3 Å². The van der Waals surface area contributed by atoms with Crippen molar-refractivity contribution in [2.24, 2.45) is 0 Å². The van der Waals surface area contributed by atoms with Crippen LogP contribution < -0.4 is 10.6 Å². The molecule has 1 amide bonds. The Morgan fingerprint density at radius 2 is 1.82 bits per heavy atom. The van der Waals surface area contributed by atoms with Gasteiger partial charge in [-0.25, -0.2) is 4.79 Å². The highest BCUT2D eigenvalue weighted by Crippen LogP contribution is 2.09. The molecule has 0 unspecified atom stereocenters. The summed E-state index contributed by atoms with van der Waals surface area (Å²) < 4.78 is 0. The third kappa shape index (κ3) is 5.01. The van der Waals surface area contributed by atoms with E-state index in [9.17, 15) is 9.59 Å². The number of hydrogen-bond donors (Lipinski definition) is 3. The molecule has 0 aliphatic rings. The monoisotopic (exact) mass is 236 g/mol. The Labute approximate surface area is 99.8 Å². The van der Waals surface area contributed by atoms with Crippen LogP contribution in [-0.2, 0) is 0 Å². The number of anilines is 1. The minimum absolute atomic E-state index is 0.0437. The standard InChI is InChI=1S/C12H16N2O3/c1-9(15)10-3-5-11(6-4-10)13-7-2-8-14-12(16)17/h3-6,13-14H,2,7-8H2,1H3,(H,16,17). The summed E-state index contributed by atoms with van der Waals surface area (Å²) in [5.74, 6) is 0.0437. The Morgan fingerprint density at radius 3 is 2.35 bits per heavy atom. The predicted molar refractivity (Wildman–Crippen MR) is 65.6 cm³/mol. The van der Waals surface area contributed by atoms with Crippen LogP contribution in [0.25, 0.3) is 0 Å². The number of amides is 1. The molecule has 0 aliphatic heterocycles. The number of carboxylic acid groups (broad SMARTS) is 1. The minimum Gasteiger partial charge on any atom is -0.465 e. The summed E-state index contributed by atoms with van der Waals surface area (Å²) in [6, 6.07) is 7.20. The molecule has 0 bridgehead atoms. The van der Waals surface area contributed by atoms with Gasteiger partial charge in [0.25, 0.3) is 0 Å². The fourth-order valence-electron chi connectivity index (χ4n) is 1.34. The normalized spacial score (nSPS) is 9.71. The Morgan fingerprint density at radius 1 is 1.18 bits per heavy atom. The molecule has 1 aromatic rings. The lowest BCUT2D eigenvalue weighted by Gasteiger charge is -2.06. The molecule has 0 heterocycles. The second-order valence-corrected chi connectivity index (χ2v) is 3.65. The maximum Gasteiger partial charge on any atom is 0.404 e. The number of carbonyl (C=O) groups is 2. The molecule has 5 heteroatoms. The lowest BCUT2D eigenvalue weighted by molar-refractivity contribution is 0.101. The molecule has 1 rings (SSSR count). The van der Waals surface area contributed by atoms with E-state index in [0.717, 1.165) is 5.69 Å². The third-order valence-electron chi connectivity index (χ3n) is 2.25. The SMILES string of the molecule is CC(=O)c1ccc(NCCCNC(=O)O)cc1. The van der Waals surface area contributed by atoms with E-state index in [1.165, 1.54) is 6.92 Å². The second-order valence-electron chi connectivity index (χ2n) is 3.65. The Balaban J connectivity index is 2.27. The lowest BCUT2D eigenvalue weighted by Crippen LogP contribution is -2.23. The van der Waals surface area contributed by atoms with E-state index in [4.69, 9.17) is 5.11 Å². The summed E-state index contributed by atoms with van der Waals surface area (Å²) in [4.78, 5) is 21.2. The largest absolute Gasteiger partial charge is 0.465 e. The third-order valence-corrected chi connectivity index (χ3v) is 2.25. The molecule has 17 heavy (non-hydrogen) atoms. The first kappa shape index (κ1) is 13.0. The van der Waals surface area contributed by atoms with Crippen LogP contribution in [0.5, 0.6) is 0 Å². The van der Waals surface area contributed by atoms with Crippen molar-refractivity contribution in [2.75, 3.05) is 18.4 Å². The van der Waals surface area contributed by atoms with Crippen LogP contribution in [0.15, 0.2) is 24.3 Å². The van der Waals surface area contributed by atoms with Gasteiger partial charge in [-0.1, -0.05) is 0 Å². The fourth-order valence-corrected chi connectivity index (χ4v) is 1.34. The van der Waals surface area contributed by atoms with Gasteiger partial charge in [0.15, 0.2) is 5.78 Å². The van der Waals surface area contributed by atoms with Gasteiger partial charge in [-0.2, -0.15) is 0 Å². The lowest BCUT2D eigenvalue weighted by atomic mass is 10.1. The van der Waals surface area contributed by atoms with Crippen molar-refractivity contribution < 1.29 is 14.7 Å². The maximum atomic E-state index is 11.0. The molecule has 92 valence electrons. The van der Waals surface area contributed by atoms with E-state index in [1.54, 1.807) is 12.1 Å². The summed E-state index contributed by atoms with van der Waals surface area (Å²) in [7, 11) is 0. The van der Waals surface area contributed by atoms with Crippen molar-refractivity contribution in [3.63, 3.8) is 0 Å². The average molecular weight is 236 g/mol. The molecule has 0 aliphatic carbocycles. The molecule has 1 aromatic carbocycles. The van der Waals surface area contributed by atoms with Gasteiger partial charge in [-0.15, -0.1) is 0 Å². The van der Waals surface area contributed by atoms with E-state index in [-0.39, 0.29) is 5.78 Å². The molecule has 0 saturated carbocycles. The van der Waals surface area contributed by atoms with E-state index in [2.05, 4.69) is 10.6 Å². The number of benzene rings is 1. The summed E-state index contributed by atoms with van der Waals surface area (Å²) in [5, 5.41) is 13.8. The predicted octanol–water partition coefficient (Wildman–Crippen LogP) is 1.96. The van der Waals surface area contributed by atoms with Crippen molar-refractivity contribution in [3.8, 4) is 0 Å². The summed E-state index contributed by atoms with van der Waals surface area (Å²) in [6.45, 7) is 2.63. The Kier molecular flexibility index (Phi) is 5.00.